The second-order valence-corrected chi connectivity index (χ2v) is 8.03. The predicted octanol–water partition coefficient (Wildman–Crippen LogP) is 4.13. The number of hydrogen-bond donors (Lipinski definition) is 3. The maximum atomic E-state index is 9.99. The molecule has 1 heterocycles. The van der Waals surface area contributed by atoms with Gasteiger partial charge in [0.05, 0.1) is 13.2 Å². The molecule has 0 aromatic carbocycles. The Labute approximate surface area is 172 Å². The molecule has 1 aliphatic rings. The largest absolute Gasteiger partial charge is 0.394 e. The van der Waals surface area contributed by atoms with Gasteiger partial charge in [-0.05, 0) is 32.1 Å². The first-order chi connectivity index (χ1) is 13.7. The van der Waals surface area contributed by atoms with Crippen LogP contribution in [0.25, 0.3) is 0 Å². The van der Waals surface area contributed by atoms with E-state index in [1.165, 1.54) is 57.8 Å². The average Bonchev–Trinajstić information content (AvgIpc) is 2.70. The average molecular weight is 401 g/mol. The zero-order valence-corrected chi connectivity index (χ0v) is 17.9. The van der Waals surface area contributed by atoms with E-state index in [0.29, 0.717) is 6.61 Å². The molecule has 0 saturated carbocycles. The Balaban J connectivity index is 1.91. The first-order valence-corrected chi connectivity index (χ1v) is 11.6. The number of allylic oxidation sites excluding steroid dienone is 2. The molecule has 3 N–H and O–H groups in total. The van der Waals surface area contributed by atoms with Crippen molar-refractivity contribution in [3.8, 4) is 0 Å². The molecular formula is C23H44O5. The van der Waals surface area contributed by atoms with E-state index in [9.17, 15) is 15.3 Å². The van der Waals surface area contributed by atoms with Gasteiger partial charge in [0.15, 0.2) is 0 Å². The number of unbranched alkanes of at least 4 members (excludes halogenated alkanes) is 11. The van der Waals surface area contributed by atoms with Crippen molar-refractivity contribution in [3.63, 3.8) is 0 Å². The zero-order chi connectivity index (χ0) is 20.5. The lowest BCUT2D eigenvalue weighted by atomic mass is 10.0. The highest BCUT2D eigenvalue weighted by Gasteiger charge is 2.39. The van der Waals surface area contributed by atoms with Gasteiger partial charge in [-0.2, -0.15) is 0 Å². The van der Waals surface area contributed by atoms with E-state index in [4.69, 9.17) is 9.47 Å². The minimum Gasteiger partial charge on any atom is -0.394 e. The van der Waals surface area contributed by atoms with E-state index < -0.39 is 24.4 Å². The molecule has 0 unspecified atom stereocenters. The van der Waals surface area contributed by atoms with E-state index >= 15 is 0 Å². The van der Waals surface area contributed by atoms with E-state index in [1.807, 2.05) is 0 Å². The second kappa shape index (κ2) is 17.4. The first kappa shape index (κ1) is 25.6. The molecule has 1 rings (SSSR count). The first-order valence-electron chi connectivity index (χ1n) is 11.6. The van der Waals surface area contributed by atoms with Gasteiger partial charge in [0.2, 0.25) is 0 Å². The van der Waals surface area contributed by atoms with Gasteiger partial charge in [-0.15, -0.1) is 0 Å². The molecular weight excluding hydrogens is 356 g/mol. The molecule has 0 amide bonds. The highest BCUT2D eigenvalue weighted by Crippen LogP contribution is 2.19. The summed E-state index contributed by atoms with van der Waals surface area (Å²) in [6.07, 6.45) is 17.8. The number of hydrogen-bond acceptors (Lipinski definition) is 5. The van der Waals surface area contributed by atoms with Gasteiger partial charge in [0.1, 0.15) is 24.4 Å². The quantitative estimate of drug-likeness (QED) is 0.253. The number of aliphatic hydroxyl groups is 3. The molecule has 28 heavy (non-hydrogen) atoms. The highest BCUT2D eigenvalue weighted by atomic mass is 16.6. The summed E-state index contributed by atoms with van der Waals surface area (Å²) in [6.45, 7) is 2.60. The smallest absolute Gasteiger partial charge is 0.114 e. The SMILES string of the molecule is CCCCCCCCCC/C=C/CCCCCO[C@H]1[C@H](O)[C@@H](O)CO[C@@H]1CO. The Bertz CT molecular complexity index is 372. The van der Waals surface area contributed by atoms with Gasteiger partial charge in [-0.1, -0.05) is 70.4 Å². The molecule has 1 fully saturated rings. The number of ether oxygens (including phenoxy) is 2. The molecule has 1 aliphatic heterocycles. The fourth-order valence-electron chi connectivity index (χ4n) is 3.61. The Kier molecular flexibility index (Phi) is 15.9. The van der Waals surface area contributed by atoms with E-state index in [2.05, 4.69) is 19.1 Å². The normalized spacial score (nSPS) is 25.6. The Hall–Kier alpha value is -0.460. The molecule has 0 aromatic rings. The molecule has 166 valence electrons. The summed E-state index contributed by atoms with van der Waals surface area (Å²) in [6, 6.07) is 0. The van der Waals surface area contributed by atoms with Gasteiger partial charge in [0, 0.05) is 6.61 Å². The summed E-state index contributed by atoms with van der Waals surface area (Å²) in [7, 11) is 0. The number of aliphatic hydroxyl groups excluding tert-OH is 3. The summed E-state index contributed by atoms with van der Waals surface area (Å²) in [5, 5.41) is 28.9. The van der Waals surface area contributed by atoms with Crippen LogP contribution in [0.5, 0.6) is 0 Å². The molecule has 0 spiro atoms. The fourth-order valence-corrected chi connectivity index (χ4v) is 3.61. The summed E-state index contributed by atoms with van der Waals surface area (Å²) >= 11 is 0. The standard InChI is InChI=1S/C23H44O5/c1-2-3-4-5-6-7-8-9-10-11-12-13-14-15-16-17-27-23-21(18-24)28-19-20(25)22(23)26/h11-12,20-26H,2-10,13-19H2,1H3/b12-11+/t20-,21+,22+,23+/m0/s1. The predicted molar refractivity (Wildman–Crippen MR) is 113 cm³/mol. The van der Waals surface area contributed by atoms with E-state index in [0.717, 1.165) is 25.7 Å². The van der Waals surface area contributed by atoms with Gasteiger partial charge in [0.25, 0.3) is 0 Å². The Morgan fingerprint density at radius 3 is 2.04 bits per heavy atom. The fraction of sp³-hybridized carbons (Fsp3) is 0.913. The maximum Gasteiger partial charge on any atom is 0.114 e. The van der Waals surface area contributed by atoms with Crippen LogP contribution in [0.3, 0.4) is 0 Å². The van der Waals surface area contributed by atoms with Crippen LogP contribution in [0.2, 0.25) is 0 Å². The third-order valence-electron chi connectivity index (χ3n) is 5.47. The lowest BCUT2D eigenvalue weighted by Gasteiger charge is -2.37. The lowest BCUT2D eigenvalue weighted by Crippen LogP contribution is -2.55. The second-order valence-electron chi connectivity index (χ2n) is 8.03. The van der Waals surface area contributed by atoms with Crippen molar-refractivity contribution < 1.29 is 24.8 Å². The van der Waals surface area contributed by atoms with Crippen molar-refractivity contribution in [1.29, 1.82) is 0 Å². The summed E-state index contributed by atoms with van der Waals surface area (Å²) < 4.78 is 11.0. The molecule has 5 nitrogen and oxygen atoms in total. The van der Waals surface area contributed by atoms with Crippen molar-refractivity contribution in [3.05, 3.63) is 12.2 Å². The van der Waals surface area contributed by atoms with E-state index in [1.54, 1.807) is 0 Å². The van der Waals surface area contributed by atoms with Crippen molar-refractivity contribution in [1.82, 2.24) is 0 Å². The minimum atomic E-state index is -0.995. The summed E-state index contributed by atoms with van der Waals surface area (Å²) in [4.78, 5) is 0. The molecule has 4 atom stereocenters. The van der Waals surface area contributed by atoms with Crippen LogP contribution >= 0.6 is 0 Å². The molecule has 5 heteroatoms. The third-order valence-corrected chi connectivity index (χ3v) is 5.47. The lowest BCUT2D eigenvalue weighted by molar-refractivity contribution is -0.211. The zero-order valence-electron chi connectivity index (χ0n) is 17.9. The van der Waals surface area contributed by atoms with Gasteiger partial charge >= 0.3 is 0 Å². The Morgan fingerprint density at radius 1 is 0.857 bits per heavy atom. The highest BCUT2D eigenvalue weighted by molar-refractivity contribution is 4.87. The third kappa shape index (κ3) is 11.5. The van der Waals surface area contributed by atoms with Crippen LogP contribution in [0.4, 0.5) is 0 Å². The molecule has 1 saturated heterocycles. The van der Waals surface area contributed by atoms with Crippen LogP contribution in [0.15, 0.2) is 12.2 Å². The van der Waals surface area contributed by atoms with Crippen molar-refractivity contribution in [2.45, 2.75) is 115 Å². The summed E-state index contributed by atoms with van der Waals surface area (Å²) in [5.41, 5.74) is 0. The van der Waals surface area contributed by atoms with Crippen molar-refractivity contribution in [2.75, 3.05) is 19.8 Å². The molecule has 0 bridgehead atoms. The van der Waals surface area contributed by atoms with E-state index in [-0.39, 0.29) is 13.2 Å². The monoisotopic (exact) mass is 400 g/mol. The van der Waals surface area contributed by atoms with Gasteiger partial charge < -0.3 is 24.8 Å². The van der Waals surface area contributed by atoms with Crippen molar-refractivity contribution >= 4 is 0 Å². The van der Waals surface area contributed by atoms with Gasteiger partial charge in [-0.3, -0.25) is 0 Å². The van der Waals surface area contributed by atoms with Crippen LogP contribution in [-0.2, 0) is 9.47 Å². The molecule has 0 aliphatic carbocycles. The van der Waals surface area contributed by atoms with Crippen molar-refractivity contribution in [2.24, 2.45) is 0 Å². The number of rotatable bonds is 17. The minimum absolute atomic E-state index is 0.0392. The van der Waals surface area contributed by atoms with Crippen LogP contribution in [0.1, 0.15) is 90.4 Å². The maximum absolute atomic E-state index is 9.99. The van der Waals surface area contributed by atoms with Crippen LogP contribution < -0.4 is 0 Å². The molecule has 0 aromatic heterocycles. The van der Waals surface area contributed by atoms with Crippen LogP contribution in [0, 0.1) is 0 Å². The Morgan fingerprint density at radius 2 is 1.43 bits per heavy atom. The molecule has 0 radical (unpaired) electrons. The summed E-state index contributed by atoms with van der Waals surface area (Å²) in [5.74, 6) is 0. The topological polar surface area (TPSA) is 79.2 Å². The van der Waals surface area contributed by atoms with Crippen LogP contribution in [-0.4, -0.2) is 59.6 Å². The van der Waals surface area contributed by atoms with Gasteiger partial charge in [-0.25, -0.2) is 0 Å².